The van der Waals surface area contributed by atoms with Crippen LogP contribution in [0.1, 0.15) is 5.56 Å². The molecule has 0 aliphatic carbocycles. The molecule has 0 radical (unpaired) electrons. The Morgan fingerprint density at radius 3 is 2.80 bits per heavy atom. The van der Waals surface area contributed by atoms with Crippen molar-refractivity contribution in [2.45, 2.75) is 6.92 Å². The lowest BCUT2D eigenvalue weighted by molar-refractivity contribution is 1.52. The molecule has 1 aromatic heterocycles. The third-order valence-corrected chi connectivity index (χ3v) is 4.62. The molecule has 15 heavy (non-hydrogen) atoms. The van der Waals surface area contributed by atoms with E-state index in [9.17, 15) is 0 Å². The van der Waals surface area contributed by atoms with Gasteiger partial charge in [0.15, 0.2) is 0 Å². The van der Waals surface area contributed by atoms with Crippen LogP contribution in [0.15, 0.2) is 36.4 Å². The summed E-state index contributed by atoms with van der Waals surface area (Å²) in [5.41, 5.74) is 1.34. The summed E-state index contributed by atoms with van der Waals surface area (Å²) in [6.07, 6.45) is 0. The minimum absolute atomic E-state index is 1.34. The highest BCUT2D eigenvalue weighted by Crippen LogP contribution is 2.36. The van der Waals surface area contributed by atoms with Gasteiger partial charge in [-0.25, -0.2) is 0 Å². The predicted octanol–water partition coefficient (Wildman–Crippen LogP) is 4.97. The summed E-state index contributed by atoms with van der Waals surface area (Å²) in [4.78, 5) is 0. The fourth-order valence-electron chi connectivity index (χ4n) is 1.89. The van der Waals surface area contributed by atoms with Crippen LogP contribution in [0, 0.1) is 10.5 Å². The fourth-order valence-corrected chi connectivity index (χ4v) is 4.09. The molecule has 1 heterocycles. The Labute approximate surface area is 106 Å². The van der Waals surface area contributed by atoms with Gasteiger partial charge in [0.2, 0.25) is 0 Å². The van der Waals surface area contributed by atoms with Gasteiger partial charge in [0, 0.05) is 23.7 Å². The van der Waals surface area contributed by atoms with Crippen LogP contribution in [0.5, 0.6) is 0 Å². The van der Waals surface area contributed by atoms with E-state index in [1.165, 1.54) is 29.3 Å². The summed E-state index contributed by atoms with van der Waals surface area (Å²) < 4.78 is 4.14. The molecule has 0 nitrogen and oxygen atoms in total. The van der Waals surface area contributed by atoms with Gasteiger partial charge in [-0.05, 0) is 53.3 Å². The minimum atomic E-state index is 1.34. The number of thiophene rings is 1. The molecule has 0 unspecified atom stereocenters. The second-order valence-corrected chi connectivity index (χ2v) is 5.96. The molecule has 2 aromatic carbocycles. The van der Waals surface area contributed by atoms with Crippen LogP contribution >= 0.6 is 33.9 Å². The van der Waals surface area contributed by atoms with Gasteiger partial charge in [0.1, 0.15) is 0 Å². The molecule has 0 saturated heterocycles. The van der Waals surface area contributed by atoms with E-state index in [4.69, 9.17) is 0 Å². The topological polar surface area (TPSA) is 0 Å². The van der Waals surface area contributed by atoms with Gasteiger partial charge in [-0.15, -0.1) is 11.3 Å². The van der Waals surface area contributed by atoms with Crippen molar-refractivity contribution in [3.8, 4) is 0 Å². The number of benzene rings is 2. The molecule has 0 aliphatic rings. The third-order valence-electron chi connectivity index (χ3n) is 2.60. The van der Waals surface area contributed by atoms with Gasteiger partial charge in [-0.3, -0.25) is 0 Å². The molecule has 0 N–H and O–H groups in total. The zero-order chi connectivity index (χ0) is 10.4. The fraction of sp³-hybridized carbons (Fsp3) is 0.0769. The van der Waals surface area contributed by atoms with Crippen LogP contribution in [-0.4, -0.2) is 0 Å². The minimum Gasteiger partial charge on any atom is -0.135 e. The highest BCUT2D eigenvalue weighted by Gasteiger charge is 2.06. The van der Waals surface area contributed by atoms with Crippen LogP contribution in [0.2, 0.25) is 0 Å². The van der Waals surface area contributed by atoms with Crippen LogP contribution in [-0.2, 0) is 0 Å². The lowest BCUT2D eigenvalue weighted by atomic mass is 10.1. The number of fused-ring (bicyclic) bond motifs is 3. The van der Waals surface area contributed by atoms with Crippen LogP contribution in [0.25, 0.3) is 20.2 Å². The Bertz CT molecular complexity index is 652. The molecule has 74 valence electrons. The highest BCUT2D eigenvalue weighted by atomic mass is 127. The molecule has 0 saturated carbocycles. The van der Waals surface area contributed by atoms with Gasteiger partial charge >= 0.3 is 0 Å². The van der Waals surface area contributed by atoms with Gasteiger partial charge in [0.05, 0.1) is 0 Å². The maximum absolute atomic E-state index is 2.42. The third kappa shape index (κ3) is 1.47. The van der Waals surface area contributed by atoms with Gasteiger partial charge in [0.25, 0.3) is 0 Å². The second-order valence-electron chi connectivity index (χ2n) is 3.71. The Hall–Kier alpha value is -0.610. The lowest BCUT2D eigenvalue weighted by Gasteiger charge is -1.95. The van der Waals surface area contributed by atoms with Crippen molar-refractivity contribution in [2.24, 2.45) is 0 Å². The lowest BCUT2D eigenvalue weighted by Crippen LogP contribution is -1.73. The van der Waals surface area contributed by atoms with Crippen molar-refractivity contribution in [3.63, 3.8) is 0 Å². The standard InChI is InChI=1S/C13H9IS/c1-8-5-6-9-12(7-8)15-11-4-2-3-10(14)13(9)11/h2-7H,1H3. The molecular weight excluding hydrogens is 315 g/mol. The van der Waals surface area contributed by atoms with Crippen molar-refractivity contribution in [3.05, 3.63) is 45.5 Å². The number of halogens is 1. The molecule has 0 aliphatic heterocycles. The molecule has 0 amide bonds. The Balaban J connectivity index is 2.59. The number of aryl methyl sites for hydroxylation is 1. The van der Waals surface area contributed by atoms with E-state index >= 15 is 0 Å². The molecule has 3 aromatic rings. The normalized spacial score (nSPS) is 11.3. The van der Waals surface area contributed by atoms with E-state index < -0.39 is 0 Å². The quantitative estimate of drug-likeness (QED) is 0.512. The number of hydrogen-bond acceptors (Lipinski definition) is 1. The van der Waals surface area contributed by atoms with E-state index in [-0.39, 0.29) is 0 Å². The first-order chi connectivity index (χ1) is 7.25. The SMILES string of the molecule is Cc1ccc2c(c1)sc1cccc(I)c12. The van der Waals surface area contributed by atoms with Crippen molar-refractivity contribution in [1.29, 1.82) is 0 Å². The van der Waals surface area contributed by atoms with Crippen LogP contribution < -0.4 is 0 Å². The molecule has 0 fully saturated rings. The largest absolute Gasteiger partial charge is 0.135 e. The molecular formula is C13H9IS. The molecule has 0 bridgehead atoms. The zero-order valence-electron chi connectivity index (χ0n) is 8.25. The zero-order valence-corrected chi connectivity index (χ0v) is 11.2. The second kappa shape index (κ2) is 3.46. The molecule has 2 heteroatoms. The van der Waals surface area contributed by atoms with Crippen molar-refractivity contribution in [2.75, 3.05) is 0 Å². The van der Waals surface area contributed by atoms with Gasteiger partial charge < -0.3 is 0 Å². The molecule has 0 atom stereocenters. The maximum Gasteiger partial charge on any atom is 0.0366 e. The number of rotatable bonds is 0. The summed E-state index contributed by atoms with van der Waals surface area (Å²) in [6, 6.07) is 13.2. The highest BCUT2D eigenvalue weighted by molar-refractivity contribution is 14.1. The Kier molecular flexibility index (Phi) is 2.21. The first kappa shape index (κ1) is 9.60. The van der Waals surface area contributed by atoms with Crippen molar-refractivity contribution >= 4 is 54.1 Å². The Morgan fingerprint density at radius 1 is 1.07 bits per heavy atom. The average molecular weight is 324 g/mol. The van der Waals surface area contributed by atoms with E-state index in [2.05, 4.69) is 65.9 Å². The molecule has 3 rings (SSSR count). The van der Waals surface area contributed by atoms with Crippen LogP contribution in [0.4, 0.5) is 0 Å². The average Bonchev–Trinajstić information content (AvgIpc) is 2.56. The predicted molar refractivity (Wildman–Crippen MR) is 76.8 cm³/mol. The smallest absolute Gasteiger partial charge is 0.0366 e. The van der Waals surface area contributed by atoms with E-state index in [1.807, 2.05) is 11.3 Å². The summed E-state index contributed by atoms with van der Waals surface area (Å²) >= 11 is 4.30. The summed E-state index contributed by atoms with van der Waals surface area (Å²) in [5.74, 6) is 0. The summed E-state index contributed by atoms with van der Waals surface area (Å²) in [5, 5.41) is 2.81. The van der Waals surface area contributed by atoms with Gasteiger partial charge in [-0.2, -0.15) is 0 Å². The monoisotopic (exact) mass is 324 g/mol. The van der Waals surface area contributed by atoms with E-state index in [1.54, 1.807) is 0 Å². The van der Waals surface area contributed by atoms with Crippen LogP contribution in [0.3, 0.4) is 0 Å². The van der Waals surface area contributed by atoms with Gasteiger partial charge in [-0.1, -0.05) is 18.2 Å². The number of hydrogen-bond donors (Lipinski definition) is 0. The Morgan fingerprint density at radius 2 is 1.93 bits per heavy atom. The first-order valence-electron chi connectivity index (χ1n) is 4.83. The first-order valence-corrected chi connectivity index (χ1v) is 6.72. The van der Waals surface area contributed by atoms with Crippen molar-refractivity contribution < 1.29 is 0 Å². The van der Waals surface area contributed by atoms with E-state index in [0.717, 1.165) is 0 Å². The van der Waals surface area contributed by atoms with E-state index in [0.29, 0.717) is 0 Å². The summed E-state index contributed by atoms with van der Waals surface area (Å²) in [7, 11) is 0. The molecule has 0 spiro atoms. The van der Waals surface area contributed by atoms with Crippen molar-refractivity contribution in [1.82, 2.24) is 0 Å². The summed E-state index contributed by atoms with van der Waals surface area (Å²) in [6.45, 7) is 2.15. The maximum atomic E-state index is 2.42.